The molecule has 0 aliphatic carbocycles. The van der Waals surface area contributed by atoms with Crippen molar-refractivity contribution in [2.24, 2.45) is 0 Å². The Hall–Kier alpha value is -4.70. The first-order chi connectivity index (χ1) is 18.8. The molecule has 0 saturated heterocycles. The maximum Gasteiger partial charge on any atom is 0.411 e. The van der Waals surface area contributed by atoms with Crippen molar-refractivity contribution >= 4 is 53.4 Å². The van der Waals surface area contributed by atoms with Crippen LogP contribution in [-0.2, 0) is 25.4 Å². The van der Waals surface area contributed by atoms with Crippen LogP contribution in [0.3, 0.4) is 0 Å². The highest BCUT2D eigenvalue weighted by atomic mass is 32.2. The van der Waals surface area contributed by atoms with Crippen LogP contribution in [0, 0.1) is 5.82 Å². The van der Waals surface area contributed by atoms with Gasteiger partial charge in [0.1, 0.15) is 11.5 Å². The molecule has 5 aromatic rings. The number of halogens is 1. The number of rotatable bonds is 7. The number of anilines is 1. The summed E-state index contributed by atoms with van der Waals surface area (Å²) in [4.78, 5) is 31.1. The third-order valence-corrected chi connectivity index (χ3v) is 8.21. The maximum atomic E-state index is 14.7. The molecule has 2 N–H and O–H groups in total. The van der Waals surface area contributed by atoms with Crippen molar-refractivity contribution in [3.63, 3.8) is 0 Å². The van der Waals surface area contributed by atoms with Gasteiger partial charge in [-0.1, -0.05) is 30.3 Å². The van der Waals surface area contributed by atoms with Crippen molar-refractivity contribution in [3.8, 4) is 11.8 Å². The summed E-state index contributed by atoms with van der Waals surface area (Å²) in [7, 11) is -6.70. The first-order valence-electron chi connectivity index (χ1n) is 11.3. The highest BCUT2D eigenvalue weighted by Crippen LogP contribution is 2.37. The van der Waals surface area contributed by atoms with E-state index < -0.39 is 53.5 Å². The van der Waals surface area contributed by atoms with E-state index in [0.29, 0.717) is 5.56 Å². The molecule has 0 aliphatic heterocycles. The van der Waals surface area contributed by atoms with E-state index in [0.717, 1.165) is 35.7 Å². The second kappa shape index (κ2) is 9.80. The van der Waals surface area contributed by atoms with Crippen LogP contribution >= 0.6 is 0 Å². The van der Waals surface area contributed by atoms with Gasteiger partial charge < -0.3 is 14.8 Å². The molecule has 3 aromatic heterocycles. The summed E-state index contributed by atoms with van der Waals surface area (Å²) < 4.78 is 70.9. The summed E-state index contributed by atoms with van der Waals surface area (Å²) in [6.45, 7) is 0. The molecule has 0 atom stereocenters. The highest BCUT2D eigenvalue weighted by Gasteiger charge is 2.28. The molecule has 16 heteroatoms. The second-order valence-corrected chi connectivity index (χ2v) is 12.5. The summed E-state index contributed by atoms with van der Waals surface area (Å²) >= 11 is 0. The molecule has 3 heterocycles. The van der Waals surface area contributed by atoms with Gasteiger partial charge in [-0.3, -0.25) is 4.90 Å². The number of hydrogen-bond acceptors (Lipinski definition) is 10. The predicted molar refractivity (Wildman–Crippen MR) is 140 cm³/mol. The molecule has 0 fully saturated rings. The molecule has 2 aromatic carbocycles. The van der Waals surface area contributed by atoms with Gasteiger partial charge in [-0.15, -0.1) is 0 Å². The largest absolute Gasteiger partial charge is 0.465 e. The number of H-pyrrole nitrogens is 1. The van der Waals surface area contributed by atoms with Crippen molar-refractivity contribution in [3.05, 3.63) is 66.2 Å². The molecule has 0 saturated carbocycles. The number of benzene rings is 2. The minimum atomic E-state index is -4.22. The fourth-order valence-electron chi connectivity index (χ4n) is 3.95. The molecular weight excluding hydrogens is 567 g/mol. The number of aromatic nitrogens is 5. The van der Waals surface area contributed by atoms with Crippen LogP contribution in [0.4, 0.5) is 14.9 Å². The Bertz CT molecular complexity index is 2000. The van der Waals surface area contributed by atoms with Crippen molar-refractivity contribution < 1.29 is 35.9 Å². The molecule has 1 amide bonds. The Kier molecular flexibility index (Phi) is 6.59. The van der Waals surface area contributed by atoms with Crippen LogP contribution in [0.2, 0.25) is 0 Å². The number of aromatic amines is 1. The van der Waals surface area contributed by atoms with Gasteiger partial charge in [-0.25, -0.2) is 36.0 Å². The minimum absolute atomic E-state index is 0.0390. The molecule has 0 unspecified atom stereocenters. The van der Waals surface area contributed by atoms with Gasteiger partial charge in [0, 0.05) is 18.7 Å². The summed E-state index contributed by atoms with van der Waals surface area (Å²) in [5, 5.41) is 8.51. The van der Waals surface area contributed by atoms with Gasteiger partial charge in [0.25, 0.3) is 0 Å². The van der Waals surface area contributed by atoms with Gasteiger partial charge in [0.2, 0.25) is 24.8 Å². The summed E-state index contributed by atoms with van der Waals surface area (Å²) in [6, 6.07) is 9.87. The van der Waals surface area contributed by atoms with E-state index in [2.05, 4.69) is 24.9 Å². The SMILES string of the molecule is CN(C(=O)O)c1cc(F)cc2c1[nH]c1nc(Oc3cnc(S(C)(=O)=O)nc3)nc(S(=O)(=O)Cc3ccccc3)c12. The average molecular weight is 587 g/mol. The zero-order valence-corrected chi connectivity index (χ0v) is 22.4. The van der Waals surface area contributed by atoms with Crippen LogP contribution in [0.15, 0.2) is 65.0 Å². The average Bonchev–Trinajstić information content (AvgIpc) is 3.25. The summed E-state index contributed by atoms with van der Waals surface area (Å²) in [6.07, 6.45) is 1.65. The Labute approximate surface area is 226 Å². The molecule has 206 valence electrons. The third-order valence-electron chi connectivity index (χ3n) is 5.74. The standard InChI is InChI=1S/C24H19FN6O7S2/c1-31(24(32)33)17-9-14(25)8-16-18-20(28-19(16)17)29-22(38-15-10-26-23(27-11-15)39(2,34)35)30-21(18)40(36,37)12-13-6-4-3-5-7-13/h3-11H,12H2,1-2H3,(H,32,33)(H,28,29,30). The molecule has 0 spiro atoms. The normalized spacial score (nSPS) is 12.1. The van der Waals surface area contributed by atoms with Crippen LogP contribution in [0.1, 0.15) is 5.56 Å². The van der Waals surface area contributed by atoms with E-state index in [1.807, 2.05) is 0 Å². The van der Waals surface area contributed by atoms with E-state index in [4.69, 9.17) is 4.74 Å². The van der Waals surface area contributed by atoms with Gasteiger partial charge >= 0.3 is 12.1 Å². The minimum Gasteiger partial charge on any atom is -0.465 e. The molecule has 0 aliphatic rings. The van der Waals surface area contributed by atoms with E-state index in [1.54, 1.807) is 30.3 Å². The van der Waals surface area contributed by atoms with Crippen LogP contribution in [0.25, 0.3) is 21.9 Å². The van der Waals surface area contributed by atoms with Crippen LogP contribution < -0.4 is 9.64 Å². The first-order valence-corrected chi connectivity index (χ1v) is 14.8. The quantitative estimate of drug-likeness (QED) is 0.210. The smallest absolute Gasteiger partial charge is 0.411 e. The molecule has 0 radical (unpaired) electrons. The maximum absolute atomic E-state index is 14.7. The number of nitrogens with one attached hydrogen (secondary N) is 1. The van der Waals surface area contributed by atoms with Crippen molar-refractivity contribution in [2.75, 3.05) is 18.2 Å². The number of nitrogens with zero attached hydrogens (tertiary/aromatic N) is 5. The Morgan fingerprint density at radius 2 is 1.75 bits per heavy atom. The lowest BCUT2D eigenvalue weighted by atomic mass is 10.1. The number of fused-ring (bicyclic) bond motifs is 3. The molecule has 5 rings (SSSR count). The Balaban J connectivity index is 1.73. The van der Waals surface area contributed by atoms with Crippen LogP contribution in [0.5, 0.6) is 11.8 Å². The third kappa shape index (κ3) is 5.13. The fraction of sp³-hybridized carbons (Fsp3) is 0.125. The lowest BCUT2D eigenvalue weighted by Crippen LogP contribution is -2.24. The topological polar surface area (TPSA) is 185 Å². The predicted octanol–water partition coefficient (Wildman–Crippen LogP) is 3.32. The summed E-state index contributed by atoms with van der Waals surface area (Å²) in [5.41, 5.74) is 0.397. The summed E-state index contributed by atoms with van der Waals surface area (Å²) in [5.74, 6) is -1.37. The van der Waals surface area contributed by atoms with Gasteiger partial charge in [-0.2, -0.15) is 9.97 Å². The molecule has 40 heavy (non-hydrogen) atoms. The van der Waals surface area contributed by atoms with Gasteiger partial charge in [-0.05, 0) is 17.7 Å². The molecule has 13 nitrogen and oxygen atoms in total. The Morgan fingerprint density at radius 1 is 1.07 bits per heavy atom. The lowest BCUT2D eigenvalue weighted by molar-refractivity contribution is 0.203. The van der Waals surface area contributed by atoms with Crippen molar-refractivity contribution in [2.45, 2.75) is 15.9 Å². The second-order valence-electron chi connectivity index (χ2n) is 8.67. The van der Waals surface area contributed by atoms with E-state index >= 15 is 0 Å². The van der Waals surface area contributed by atoms with E-state index in [1.165, 1.54) is 7.05 Å². The Morgan fingerprint density at radius 3 is 2.38 bits per heavy atom. The van der Waals surface area contributed by atoms with Gasteiger partial charge in [0.15, 0.2) is 10.8 Å². The molecule has 0 bridgehead atoms. The zero-order valence-electron chi connectivity index (χ0n) is 20.7. The number of amides is 1. The first kappa shape index (κ1) is 26.9. The number of carbonyl (C=O) groups is 1. The fourth-order valence-corrected chi connectivity index (χ4v) is 5.94. The highest BCUT2D eigenvalue weighted by molar-refractivity contribution is 7.91. The number of carboxylic acid groups (broad SMARTS) is 1. The molecular formula is C24H19FN6O7S2. The van der Waals surface area contributed by atoms with E-state index in [9.17, 15) is 31.1 Å². The lowest BCUT2D eigenvalue weighted by Gasteiger charge is -2.14. The van der Waals surface area contributed by atoms with Crippen molar-refractivity contribution in [1.82, 2.24) is 24.9 Å². The number of sulfone groups is 2. The number of ether oxygens (including phenoxy) is 1. The van der Waals surface area contributed by atoms with Crippen molar-refractivity contribution in [1.29, 1.82) is 0 Å². The van der Waals surface area contributed by atoms with Gasteiger partial charge in [0.05, 0.1) is 34.7 Å². The monoisotopic (exact) mass is 586 g/mol. The van der Waals surface area contributed by atoms with E-state index in [-0.39, 0.29) is 33.4 Å². The zero-order chi connectivity index (χ0) is 28.8. The van der Waals surface area contributed by atoms with Crippen LogP contribution in [-0.4, -0.2) is 66.3 Å². The number of hydrogen-bond donors (Lipinski definition) is 2.